The van der Waals surface area contributed by atoms with Crippen LogP contribution in [0.1, 0.15) is 12.8 Å². The third-order valence-electron chi connectivity index (χ3n) is 2.89. The Hall–Kier alpha value is -0.130. The summed E-state index contributed by atoms with van der Waals surface area (Å²) in [5.41, 5.74) is 0. The van der Waals surface area contributed by atoms with E-state index < -0.39 is 9.84 Å². The van der Waals surface area contributed by atoms with Crippen LogP contribution in [0.3, 0.4) is 0 Å². The molecule has 2 heterocycles. The molecule has 1 unspecified atom stereocenters. The minimum absolute atomic E-state index is 0.398. The maximum atomic E-state index is 10.9. The largest absolute Gasteiger partial charge is 0.380 e. The molecule has 2 aliphatic rings. The van der Waals surface area contributed by atoms with Gasteiger partial charge in [-0.25, -0.2) is 8.42 Å². The molecule has 0 aromatic carbocycles. The zero-order chi connectivity index (χ0) is 10.0. The summed E-state index contributed by atoms with van der Waals surface area (Å²) in [6.45, 7) is 2.59. The lowest BCUT2D eigenvalue weighted by Gasteiger charge is -2.26. The number of nitrogens with one attached hydrogen (secondary N) is 1. The molecule has 0 saturated carbocycles. The summed E-state index contributed by atoms with van der Waals surface area (Å²) in [7, 11) is -2.63. The van der Waals surface area contributed by atoms with Crippen LogP contribution in [0.5, 0.6) is 0 Å². The van der Waals surface area contributed by atoms with Crippen molar-refractivity contribution >= 4 is 9.84 Å². The molecule has 0 spiro atoms. The maximum absolute atomic E-state index is 10.9. The molecule has 0 radical (unpaired) electrons. The second-order valence-corrected chi connectivity index (χ2v) is 6.40. The normalized spacial score (nSPS) is 31.6. The molecule has 4 nitrogen and oxygen atoms in total. The van der Waals surface area contributed by atoms with E-state index in [2.05, 4.69) is 5.32 Å². The summed E-state index contributed by atoms with van der Waals surface area (Å²) in [5, 5.41) is 3.39. The molecule has 82 valence electrons. The topological polar surface area (TPSA) is 55.4 Å². The molecule has 0 aromatic rings. The van der Waals surface area contributed by atoms with Crippen LogP contribution in [0, 0.1) is 5.92 Å². The molecule has 2 fully saturated rings. The Morgan fingerprint density at radius 2 is 2.14 bits per heavy atom. The SMILES string of the molecule is O=S1(=O)CC(CCNC2CCOC2)C1. The molecule has 0 aromatic heterocycles. The number of rotatable bonds is 4. The second kappa shape index (κ2) is 4.16. The van der Waals surface area contributed by atoms with Crippen LogP contribution in [-0.4, -0.2) is 45.7 Å². The first-order chi connectivity index (χ1) is 6.66. The number of hydrogen-bond donors (Lipinski definition) is 1. The predicted octanol–water partition coefficient (Wildman–Crippen LogP) is -0.200. The number of hydrogen-bond acceptors (Lipinski definition) is 4. The Labute approximate surface area is 84.9 Å². The average molecular weight is 219 g/mol. The Bertz CT molecular complexity index is 270. The van der Waals surface area contributed by atoms with E-state index in [0.29, 0.717) is 23.5 Å². The number of sulfone groups is 1. The smallest absolute Gasteiger partial charge is 0.150 e. The van der Waals surface area contributed by atoms with Gasteiger partial charge in [0, 0.05) is 12.6 Å². The van der Waals surface area contributed by atoms with Gasteiger partial charge in [-0.2, -0.15) is 0 Å². The van der Waals surface area contributed by atoms with Gasteiger partial charge in [-0.15, -0.1) is 0 Å². The molecule has 0 aliphatic carbocycles. The van der Waals surface area contributed by atoms with Crippen LogP contribution in [0.25, 0.3) is 0 Å². The van der Waals surface area contributed by atoms with Crippen LogP contribution < -0.4 is 5.32 Å². The first-order valence-electron chi connectivity index (χ1n) is 5.17. The predicted molar refractivity (Wildman–Crippen MR) is 54.0 cm³/mol. The zero-order valence-electron chi connectivity index (χ0n) is 8.24. The highest BCUT2D eigenvalue weighted by molar-refractivity contribution is 7.92. The molecular weight excluding hydrogens is 202 g/mol. The van der Waals surface area contributed by atoms with E-state index in [9.17, 15) is 8.42 Å². The summed E-state index contributed by atoms with van der Waals surface area (Å²) in [5.74, 6) is 1.20. The third kappa shape index (κ3) is 2.68. The van der Waals surface area contributed by atoms with E-state index in [1.165, 1.54) is 0 Å². The van der Waals surface area contributed by atoms with Gasteiger partial charge in [-0.05, 0) is 25.3 Å². The van der Waals surface area contributed by atoms with E-state index in [-0.39, 0.29) is 0 Å². The zero-order valence-corrected chi connectivity index (χ0v) is 9.05. The molecule has 1 atom stereocenters. The molecule has 0 amide bonds. The highest BCUT2D eigenvalue weighted by Gasteiger charge is 2.32. The van der Waals surface area contributed by atoms with Gasteiger partial charge >= 0.3 is 0 Å². The Morgan fingerprint density at radius 1 is 1.36 bits per heavy atom. The van der Waals surface area contributed by atoms with Gasteiger partial charge < -0.3 is 10.1 Å². The van der Waals surface area contributed by atoms with Crippen molar-refractivity contribution in [2.24, 2.45) is 5.92 Å². The molecular formula is C9H17NO3S. The fraction of sp³-hybridized carbons (Fsp3) is 1.00. The summed E-state index contributed by atoms with van der Waals surface area (Å²) in [4.78, 5) is 0. The summed E-state index contributed by atoms with van der Waals surface area (Å²) >= 11 is 0. The molecule has 14 heavy (non-hydrogen) atoms. The van der Waals surface area contributed by atoms with Gasteiger partial charge in [-0.1, -0.05) is 0 Å². The minimum Gasteiger partial charge on any atom is -0.380 e. The summed E-state index contributed by atoms with van der Waals surface area (Å²) in [6.07, 6.45) is 2.07. The highest BCUT2D eigenvalue weighted by atomic mass is 32.2. The average Bonchev–Trinajstić information content (AvgIpc) is 2.53. The van der Waals surface area contributed by atoms with Crippen LogP contribution in [0.4, 0.5) is 0 Å². The van der Waals surface area contributed by atoms with E-state index in [0.717, 1.165) is 32.6 Å². The van der Waals surface area contributed by atoms with Gasteiger partial charge in [0.15, 0.2) is 9.84 Å². The molecule has 1 N–H and O–H groups in total. The van der Waals surface area contributed by atoms with Crippen molar-refractivity contribution in [3.63, 3.8) is 0 Å². The van der Waals surface area contributed by atoms with Crippen molar-refractivity contribution < 1.29 is 13.2 Å². The van der Waals surface area contributed by atoms with Gasteiger partial charge in [0.05, 0.1) is 18.1 Å². The summed E-state index contributed by atoms with van der Waals surface area (Å²) < 4.78 is 27.0. The minimum atomic E-state index is -2.63. The highest BCUT2D eigenvalue weighted by Crippen LogP contribution is 2.20. The number of ether oxygens (including phenoxy) is 1. The lowest BCUT2D eigenvalue weighted by Crippen LogP contribution is -2.39. The van der Waals surface area contributed by atoms with Crippen molar-refractivity contribution in [2.45, 2.75) is 18.9 Å². The van der Waals surface area contributed by atoms with Crippen molar-refractivity contribution in [3.8, 4) is 0 Å². The Kier molecular flexibility index (Phi) is 3.09. The first kappa shape index (κ1) is 10.4. The van der Waals surface area contributed by atoms with Crippen molar-refractivity contribution in [3.05, 3.63) is 0 Å². The van der Waals surface area contributed by atoms with E-state index in [4.69, 9.17) is 4.74 Å². The van der Waals surface area contributed by atoms with Crippen molar-refractivity contribution in [2.75, 3.05) is 31.3 Å². The van der Waals surface area contributed by atoms with Crippen molar-refractivity contribution in [1.29, 1.82) is 0 Å². The Balaban J connectivity index is 1.56. The van der Waals surface area contributed by atoms with Gasteiger partial charge in [0.25, 0.3) is 0 Å². The lowest BCUT2D eigenvalue weighted by molar-refractivity contribution is 0.189. The van der Waals surface area contributed by atoms with Crippen LogP contribution >= 0.6 is 0 Å². The van der Waals surface area contributed by atoms with E-state index in [1.54, 1.807) is 0 Å². The molecule has 2 aliphatic heterocycles. The molecule has 0 bridgehead atoms. The molecule has 2 rings (SSSR count). The van der Waals surface area contributed by atoms with Crippen molar-refractivity contribution in [1.82, 2.24) is 5.32 Å². The quantitative estimate of drug-likeness (QED) is 0.711. The fourth-order valence-corrected chi connectivity index (χ4v) is 3.70. The maximum Gasteiger partial charge on any atom is 0.150 e. The fourth-order valence-electron chi connectivity index (χ4n) is 2.02. The Morgan fingerprint density at radius 3 is 2.71 bits per heavy atom. The van der Waals surface area contributed by atoms with E-state index in [1.807, 2.05) is 0 Å². The molecule has 5 heteroatoms. The van der Waals surface area contributed by atoms with Gasteiger partial charge in [0.2, 0.25) is 0 Å². The van der Waals surface area contributed by atoms with Crippen LogP contribution in [0.2, 0.25) is 0 Å². The second-order valence-electron chi connectivity index (χ2n) is 4.25. The lowest BCUT2D eigenvalue weighted by atomic mass is 10.1. The van der Waals surface area contributed by atoms with Crippen LogP contribution in [-0.2, 0) is 14.6 Å². The van der Waals surface area contributed by atoms with Gasteiger partial charge in [0.1, 0.15) is 0 Å². The standard InChI is InChI=1S/C9H17NO3S/c11-14(12)6-8(7-14)1-3-10-9-2-4-13-5-9/h8-10H,1-7H2. The first-order valence-corrected chi connectivity index (χ1v) is 6.99. The monoisotopic (exact) mass is 219 g/mol. The van der Waals surface area contributed by atoms with Gasteiger partial charge in [-0.3, -0.25) is 0 Å². The third-order valence-corrected chi connectivity index (χ3v) is 4.85. The summed E-state index contributed by atoms with van der Waals surface area (Å²) in [6, 6.07) is 0.492. The van der Waals surface area contributed by atoms with E-state index >= 15 is 0 Å². The van der Waals surface area contributed by atoms with Crippen LogP contribution in [0.15, 0.2) is 0 Å². The molecule has 2 saturated heterocycles.